The molecule has 0 aromatic rings. The maximum absolute atomic E-state index is 12.3. The highest BCUT2D eigenvalue weighted by Gasteiger charge is 2.34. The number of allylic oxidation sites excluding steroid dienone is 2. The number of piperidine rings is 1. The molecule has 1 aliphatic heterocycles. The Morgan fingerprint density at radius 2 is 2.00 bits per heavy atom. The molecule has 4 heteroatoms. The van der Waals surface area contributed by atoms with E-state index >= 15 is 0 Å². The fourth-order valence-corrected chi connectivity index (χ4v) is 2.70. The van der Waals surface area contributed by atoms with Crippen LogP contribution in [0.15, 0.2) is 12.2 Å². The number of aliphatic carboxylic acids is 1. The molecule has 4 nitrogen and oxygen atoms in total. The molecule has 0 unspecified atom stereocenters. The molecule has 1 amide bonds. The Morgan fingerprint density at radius 3 is 2.65 bits per heavy atom. The largest absolute Gasteiger partial charge is 0.480 e. The molecule has 0 aromatic carbocycles. The zero-order chi connectivity index (χ0) is 12.3. The van der Waals surface area contributed by atoms with Gasteiger partial charge < -0.3 is 10.0 Å². The number of carboxylic acid groups (broad SMARTS) is 1. The van der Waals surface area contributed by atoms with Crippen LogP contribution in [0.25, 0.3) is 0 Å². The first kappa shape index (κ1) is 12.1. The number of carboxylic acids is 1. The number of hydrogen-bond acceptors (Lipinski definition) is 2. The van der Waals surface area contributed by atoms with Gasteiger partial charge in [0.15, 0.2) is 0 Å². The number of likely N-dealkylation sites (tertiary alicyclic amines) is 1. The molecule has 0 aromatic heterocycles. The third-order valence-electron chi connectivity index (χ3n) is 3.69. The molecule has 17 heavy (non-hydrogen) atoms. The quantitative estimate of drug-likeness (QED) is 0.745. The Bertz CT molecular complexity index is 338. The van der Waals surface area contributed by atoms with Gasteiger partial charge in [0.25, 0.3) is 0 Å². The molecular weight excluding hydrogens is 218 g/mol. The number of nitrogens with zero attached hydrogens (tertiary/aromatic N) is 1. The van der Waals surface area contributed by atoms with Crippen molar-refractivity contribution >= 4 is 11.9 Å². The molecule has 1 saturated heterocycles. The number of carbonyl (C=O) groups excluding carboxylic acids is 1. The summed E-state index contributed by atoms with van der Waals surface area (Å²) in [6.45, 7) is 0.607. The Hall–Kier alpha value is -1.32. The van der Waals surface area contributed by atoms with Crippen LogP contribution in [0.5, 0.6) is 0 Å². The third-order valence-corrected chi connectivity index (χ3v) is 3.69. The lowest BCUT2D eigenvalue weighted by Crippen LogP contribution is -2.50. The van der Waals surface area contributed by atoms with E-state index in [0.717, 1.165) is 32.1 Å². The summed E-state index contributed by atoms with van der Waals surface area (Å²) in [6.07, 6.45) is 9.12. The average molecular weight is 237 g/mol. The van der Waals surface area contributed by atoms with Crippen molar-refractivity contribution in [3.8, 4) is 0 Å². The predicted molar refractivity (Wildman–Crippen MR) is 63.5 cm³/mol. The minimum atomic E-state index is -0.857. The van der Waals surface area contributed by atoms with Crippen molar-refractivity contribution < 1.29 is 14.7 Å². The highest BCUT2D eigenvalue weighted by atomic mass is 16.4. The first-order valence-electron chi connectivity index (χ1n) is 6.38. The molecule has 1 aliphatic carbocycles. The highest BCUT2D eigenvalue weighted by molar-refractivity contribution is 5.85. The monoisotopic (exact) mass is 237 g/mol. The van der Waals surface area contributed by atoms with Crippen molar-refractivity contribution in [3.63, 3.8) is 0 Å². The molecule has 1 heterocycles. The van der Waals surface area contributed by atoms with E-state index in [9.17, 15) is 9.59 Å². The second-order valence-electron chi connectivity index (χ2n) is 4.86. The highest BCUT2D eigenvalue weighted by Crippen LogP contribution is 2.25. The van der Waals surface area contributed by atoms with Gasteiger partial charge in [0.05, 0.1) is 0 Å². The van der Waals surface area contributed by atoms with E-state index < -0.39 is 12.0 Å². The number of amides is 1. The van der Waals surface area contributed by atoms with Crippen LogP contribution in [-0.2, 0) is 9.59 Å². The zero-order valence-electron chi connectivity index (χ0n) is 9.97. The van der Waals surface area contributed by atoms with Gasteiger partial charge in [-0.1, -0.05) is 12.2 Å². The van der Waals surface area contributed by atoms with E-state index in [1.54, 1.807) is 4.90 Å². The number of rotatable bonds is 2. The third kappa shape index (κ3) is 2.68. The molecule has 1 N–H and O–H groups in total. The van der Waals surface area contributed by atoms with E-state index in [0.29, 0.717) is 13.0 Å². The summed E-state index contributed by atoms with van der Waals surface area (Å²) in [4.78, 5) is 25.0. The molecule has 2 atom stereocenters. The normalized spacial score (nSPS) is 29.1. The van der Waals surface area contributed by atoms with Crippen LogP contribution in [0.3, 0.4) is 0 Å². The fourth-order valence-electron chi connectivity index (χ4n) is 2.70. The van der Waals surface area contributed by atoms with Crippen molar-refractivity contribution in [3.05, 3.63) is 12.2 Å². The molecule has 0 bridgehead atoms. The number of carbonyl (C=O) groups is 2. The zero-order valence-corrected chi connectivity index (χ0v) is 9.97. The maximum Gasteiger partial charge on any atom is 0.326 e. The minimum Gasteiger partial charge on any atom is -0.480 e. The van der Waals surface area contributed by atoms with Crippen LogP contribution in [0.4, 0.5) is 0 Å². The van der Waals surface area contributed by atoms with Crippen LogP contribution < -0.4 is 0 Å². The van der Waals surface area contributed by atoms with E-state index in [1.807, 2.05) is 6.08 Å². The van der Waals surface area contributed by atoms with Gasteiger partial charge in [0.1, 0.15) is 6.04 Å². The maximum atomic E-state index is 12.3. The smallest absolute Gasteiger partial charge is 0.326 e. The first-order chi connectivity index (χ1) is 8.20. The van der Waals surface area contributed by atoms with Crippen LogP contribution in [0.2, 0.25) is 0 Å². The molecule has 94 valence electrons. The van der Waals surface area contributed by atoms with Gasteiger partial charge in [-0.15, -0.1) is 0 Å². The van der Waals surface area contributed by atoms with E-state index in [1.165, 1.54) is 0 Å². The molecule has 2 rings (SSSR count). The van der Waals surface area contributed by atoms with Crippen LogP contribution in [-0.4, -0.2) is 34.5 Å². The SMILES string of the molecule is O=C(O)[C@H]1CCCCN1C(=O)[C@@H]1CC=CCC1. The Balaban J connectivity index is 2.05. The van der Waals surface area contributed by atoms with Crippen molar-refractivity contribution in [2.45, 2.75) is 44.6 Å². The second kappa shape index (κ2) is 5.34. The second-order valence-corrected chi connectivity index (χ2v) is 4.86. The molecular formula is C13H19NO3. The summed E-state index contributed by atoms with van der Waals surface area (Å²) in [7, 11) is 0. The average Bonchev–Trinajstić information content (AvgIpc) is 2.39. The fraction of sp³-hybridized carbons (Fsp3) is 0.692. The first-order valence-corrected chi connectivity index (χ1v) is 6.38. The van der Waals surface area contributed by atoms with Gasteiger partial charge in [-0.25, -0.2) is 4.79 Å². The molecule has 2 aliphatic rings. The summed E-state index contributed by atoms with van der Waals surface area (Å²) in [5.74, 6) is -0.814. The van der Waals surface area contributed by atoms with Gasteiger partial charge in [-0.3, -0.25) is 4.79 Å². The summed E-state index contributed by atoms with van der Waals surface area (Å²) in [5, 5.41) is 9.15. The predicted octanol–water partition coefficient (Wildman–Crippen LogP) is 1.81. The van der Waals surface area contributed by atoms with Crippen molar-refractivity contribution in [1.29, 1.82) is 0 Å². The van der Waals surface area contributed by atoms with Gasteiger partial charge in [0, 0.05) is 12.5 Å². The Morgan fingerprint density at radius 1 is 1.18 bits per heavy atom. The van der Waals surface area contributed by atoms with Crippen LogP contribution in [0.1, 0.15) is 38.5 Å². The summed E-state index contributed by atoms with van der Waals surface area (Å²) in [5.41, 5.74) is 0. The summed E-state index contributed by atoms with van der Waals surface area (Å²) >= 11 is 0. The van der Waals surface area contributed by atoms with Crippen molar-refractivity contribution in [2.75, 3.05) is 6.54 Å². The van der Waals surface area contributed by atoms with E-state index in [-0.39, 0.29) is 11.8 Å². The minimum absolute atomic E-state index is 0.0000463. The van der Waals surface area contributed by atoms with E-state index in [2.05, 4.69) is 6.08 Å². The molecule has 1 fully saturated rings. The lowest BCUT2D eigenvalue weighted by molar-refractivity contribution is -0.154. The molecule has 0 saturated carbocycles. The van der Waals surface area contributed by atoms with Crippen LogP contribution >= 0.6 is 0 Å². The molecule has 0 spiro atoms. The van der Waals surface area contributed by atoms with Crippen molar-refractivity contribution in [1.82, 2.24) is 4.90 Å². The lowest BCUT2D eigenvalue weighted by atomic mass is 9.91. The van der Waals surface area contributed by atoms with Crippen molar-refractivity contribution in [2.24, 2.45) is 5.92 Å². The Labute approximate surface area is 101 Å². The standard InChI is InChI=1S/C13H19NO3/c15-12(10-6-2-1-3-7-10)14-9-5-4-8-11(14)13(16)17/h1-2,10-11H,3-9H2,(H,16,17)/t10-,11-/m1/s1. The van der Waals surface area contributed by atoms with Crippen LogP contribution in [0, 0.1) is 5.92 Å². The topological polar surface area (TPSA) is 57.6 Å². The Kier molecular flexibility index (Phi) is 3.82. The number of hydrogen-bond donors (Lipinski definition) is 1. The van der Waals surface area contributed by atoms with Gasteiger partial charge >= 0.3 is 5.97 Å². The molecule has 0 radical (unpaired) electrons. The van der Waals surface area contributed by atoms with Gasteiger partial charge in [-0.05, 0) is 38.5 Å². The summed E-state index contributed by atoms with van der Waals surface area (Å²) < 4.78 is 0. The van der Waals surface area contributed by atoms with E-state index in [4.69, 9.17) is 5.11 Å². The van der Waals surface area contributed by atoms with Gasteiger partial charge in [-0.2, -0.15) is 0 Å². The lowest BCUT2D eigenvalue weighted by Gasteiger charge is -2.35. The summed E-state index contributed by atoms with van der Waals surface area (Å²) in [6, 6.07) is -0.595. The van der Waals surface area contributed by atoms with Gasteiger partial charge in [0.2, 0.25) is 5.91 Å².